The third-order valence-electron chi connectivity index (χ3n) is 4.14. The summed E-state index contributed by atoms with van der Waals surface area (Å²) in [6.07, 6.45) is 1.76. The van der Waals surface area contributed by atoms with E-state index in [0.717, 1.165) is 22.4 Å². The first-order chi connectivity index (χ1) is 11.8. The number of nitrogens with two attached hydrogens (primary N) is 1. The highest BCUT2D eigenvalue weighted by molar-refractivity contribution is 7.89. The lowest BCUT2D eigenvalue weighted by Gasteiger charge is -2.18. The van der Waals surface area contributed by atoms with E-state index < -0.39 is 10.0 Å². The van der Waals surface area contributed by atoms with Crippen LogP contribution < -0.4 is 15.2 Å². The summed E-state index contributed by atoms with van der Waals surface area (Å²) in [6, 6.07) is 10.3. The number of sulfonamides is 1. The lowest BCUT2D eigenvalue weighted by atomic mass is 10.1. The molecule has 0 spiro atoms. The van der Waals surface area contributed by atoms with Crippen LogP contribution in [0.3, 0.4) is 0 Å². The highest BCUT2D eigenvalue weighted by Gasteiger charge is 2.19. The number of benzene rings is 2. The van der Waals surface area contributed by atoms with E-state index in [9.17, 15) is 13.2 Å². The maximum Gasteiger partial charge on any atom is 0.255 e. The molecule has 1 aliphatic heterocycles. The number of rotatable bonds is 3. The number of nitrogens with one attached hydrogen (secondary N) is 1. The van der Waals surface area contributed by atoms with Gasteiger partial charge in [0, 0.05) is 11.3 Å². The molecule has 2 aromatic carbocycles. The fourth-order valence-corrected chi connectivity index (χ4v) is 3.19. The van der Waals surface area contributed by atoms with Gasteiger partial charge in [-0.25, -0.2) is 13.6 Å². The van der Waals surface area contributed by atoms with Gasteiger partial charge in [-0.05, 0) is 49.2 Å². The zero-order chi connectivity index (χ0) is 18.2. The predicted octanol–water partition coefficient (Wildman–Crippen LogP) is 2.37. The standard InChI is InChI=1S/C18H18N2O4S/c1-11-7-15(25(19,22)23)9-16(12(11)2)20-18(21)14-8-13-5-3-4-6-17(13)24-10-14/h3-9H,10H2,1-2H3,(H,20,21)(H2,19,22,23). The first kappa shape index (κ1) is 17.2. The predicted molar refractivity (Wildman–Crippen MR) is 95.8 cm³/mol. The molecular weight excluding hydrogens is 340 g/mol. The number of hydrogen-bond donors (Lipinski definition) is 2. The number of hydrogen-bond acceptors (Lipinski definition) is 4. The number of para-hydroxylation sites is 1. The number of primary sulfonamides is 1. The van der Waals surface area contributed by atoms with E-state index in [0.29, 0.717) is 11.3 Å². The van der Waals surface area contributed by atoms with E-state index in [1.807, 2.05) is 24.3 Å². The number of carbonyl (C=O) groups excluding carboxylic acids is 1. The third-order valence-corrected chi connectivity index (χ3v) is 5.03. The lowest BCUT2D eigenvalue weighted by Crippen LogP contribution is -2.22. The Morgan fingerprint density at radius 3 is 2.64 bits per heavy atom. The van der Waals surface area contributed by atoms with Crippen LogP contribution in [0.5, 0.6) is 5.75 Å². The largest absolute Gasteiger partial charge is 0.488 e. The molecular formula is C18H18N2O4S. The van der Waals surface area contributed by atoms with Gasteiger partial charge in [-0.3, -0.25) is 4.79 Å². The first-order valence-electron chi connectivity index (χ1n) is 7.63. The Morgan fingerprint density at radius 2 is 1.92 bits per heavy atom. The van der Waals surface area contributed by atoms with E-state index in [4.69, 9.17) is 9.88 Å². The van der Waals surface area contributed by atoms with Gasteiger partial charge < -0.3 is 10.1 Å². The molecule has 0 saturated heterocycles. The molecule has 0 radical (unpaired) electrons. The topological polar surface area (TPSA) is 98.5 Å². The zero-order valence-corrected chi connectivity index (χ0v) is 14.7. The summed E-state index contributed by atoms with van der Waals surface area (Å²) in [6.45, 7) is 3.72. The molecule has 0 aromatic heterocycles. The lowest BCUT2D eigenvalue weighted by molar-refractivity contribution is -0.113. The minimum Gasteiger partial charge on any atom is -0.488 e. The zero-order valence-electron chi connectivity index (χ0n) is 13.9. The molecule has 0 bridgehead atoms. The van der Waals surface area contributed by atoms with Gasteiger partial charge in [0.05, 0.1) is 10.5 Å². The number of amides is 1. The molecule has 1 amide bonds. The van der Waals surface area contributed by atoms with E-state index in [1.54, 1.807) is 19.9 Å². The smallest absolute Gasteiger partial charge is 0.255 e. The second-order valence-electron chi connectivity index (χ2n) is 5.91. The minimum atomic E-state index is -3.86. The molecule has 7 heteroatoms. The molecule has 25 heavy (non-hydrogen) atoms. The van der Waals surface area contributed by atoms with Gasteiger partial charge in [-0.15, -0.1) is 0 Å². The second kappa shape index (κ2) is 6.34. The van der Waals surface area contributed by atoms with Crippen LogP contribution in [0, 0.1) is 13.8 Å². The summed E-state index contributed by atoms with van der Waals surface area (Å²) < 4.78 is 28.8. The molecule has 0 fully saturated rings. The Hall–Kier alpha value is -2.64. The van der Waals surface area contributed by atoms with Crippen molar-refractivity contribution < 1.29 is 17.9 Å². The van der Waals surface area contributed by atoms with E-state index in [1.165, 1.54) is 12.1 Å². The molecule has 0 saturated carbocycles. The average molecular weight is 358 g/mol. The molecule has 1 aliphatic rings. The van der Waals surface area contributed by atoms with Crippen LogP contribution in [-0.2, 0) is 14.8 Å². The molecule has 0 atom stereocenters. The number of aryl methyl sites for hydroxylation is 1. The van der Waals surface area contributed by atoms with Crippen molar-refractivity contribution in [2.75, 3.05) is 11.9 Å². The summed E-state index contributed by atoms with van der Waals surface area (Å²) >= 11 is 0. The Morgan fingerprint density at radius 1 is 1.20 bits per heavy atom. The SMILES string of the molecule is Cc1cc(S(N)(=O)=O)cc(NC(=O)C2=Cc3ccccc3OC2)c1C. The van der Waals surface area contributed by atoms with Crippen molar-refractivity contribution in [1.29, 1.82) is 0 Å². The summed E-state index contributed by atoms with van der Waals surface area (Å²) in [5.74, 6) is 0.380. The number of carbonyl (C=O) groups is 1. The first-order valence-corrected chi connectivity index (χ1v) is 9.18. The van der Waals surface area contributed by atoms with Gasteiger partial charge in [0.2, 0.25) is 10.0 Å². The monoisotopic (exact) mass is 358 g/mol. The van der Waals surface area contributed by atoms with Crippen molar-refractivity contribution >= 4 is 27.7 Å². The van der Waals surface area contributed by atoms with Crippen LogP contribution in [0.1, 0.15) is 16.7 Å². The molecule has 0 unspecified atom stereocenters. The van der Waals surface area contributed by atoms with Crippen LogP contribution in [0.2, 0.25) is 0 Å². The van der Waals surface area contributed by atoms with Gasteiger partial charge in [0.25, 0.3) is 5.91 Å². The number of anilines is 1. The Bertz CT molecular complexity index is 994. The van der Waals surface area contributed by atoms with E-state index >= 15 is 0 Å². The highest BCUT2D eigenvalue weighted by Crippen LogP contribution is 2.28. The van der Waals surface area contributed by atoms with Gasteiger partial charge in [0.15, 0.2) is 0 Å². The van der Waals surface area contributed by atoms with Gasteiger partial charge in [-0.1, -0.05) is 18.2 Å². The average Bonchev–Trinajstić information content (AvgIpc) is 2.57. The second-order valence-corrected chi connectivity index (χ2v) is 7.47. The van der Waals surface area contributed by atoms with Crippen LogP contribution in [0.4, 0.5) is 5.69 Å². The molecule has 130 valence electrons. The molecule has 0 aliphatic carbocycles. The van der Waals surface area contributed by atoms with Crippen LogP contribution in [0.25, 0.3) is 6.08 Å². The van der Waals surface area contributed by atoms with Gasteiger partial charge in [-0.2, -0.15) is 0 Å². The Kier molecular flexibility index (Phi) is 4.36. The van der Waals surface area contributed by atoms with Gasteiger partial charge >= 0.3 is 0 Å². The maximum absolute atomic E-state index is 12.6. The molecule has 6 nitrogen and oxygen atoms in total. The Balaban J connectivity index is 1.92. The van der Waals surface area contributed by atoms with Gasteiger partial charge in [0.1, 0.15) is 12.4 Å². The van der Waals surface area contributed by atoms with Crippen LogP contribution >= 0.6 is 0 Å². The minimum absolute atomic E-state index is 0.0369. The van der Waals surface area contributed by atoms with Crippen molar-refractivity contribution in [2.45, 2.75) is 18.7 Å². The highest BCUT2D eigenvalue weighted by atomic mass is 32.2. The number of ether oxygens (including phenoxy) is 1. The number of fused-ring (bicyclic) bond motifs is 1. The van der Waals surface area contributed by atoms with Crippen molar-refractivity contribution in [1.82, 2.24) is 0 Å². The van der Waals surface area contributed by atoms with Crippen LogP contribution in [0.15, 0.2) is 46.9 Å². The fraction of sp³-hybridized carbons (Fsp3) is 0.167. The summed E-state index contributed by atoms with van der Waals surface area (Å²) in [7, 11) is -3.86. The summed E-state index contributed by atoms with van der Waals surface area (Å²) in [5.41, 5.74) is 3.19. The quantitative estimate of drug-likeness (QED) is 0.880. The Labute approximate surface area is 146 Å². The van der Waals surface area contributed by atoms with Crippen molar-refractivity contribution in [2.24, 2.45) is 5.14 Å². The molecule has 1 heterocycles. The molecule has 3 rings (SSSR count). The summed E-state index contributed by atoms with van der Waals surface area (Å²) in [5, 5.41) is 7.96. The molecule has 3 N–H and O–H groups in total. The normalized spacial score (nSPS) is 13.5. The van der Waals surface area contributed by atoms with Crippen molar-refractivity contribution in [3.63, 3.8) is 0 Å². The molecule has 2 aromatic rings. The fourth-order valence-electron chi connectivity index (χ4n) is 2.57. The van der Waals surface area contributed by atoms with E-state index in [2.05, 4.69) is 5.32 Å². The van der Waals surface area contributed by atoms with Crippen molar-refractivity contribution in [3.05, 3.63) is 58.7 Å². The third kappa shape index (κ3) is 3.57. The summed E-state index contributed by atoms with van der Waals surface area (Å²) in [4.78, 5) is 12.5. The van der Waals surface area contributed by atoms with E-state index in [-0.39, 0.29) is 17.4 Å². The maximum atomic E-state index is 12.6. The van der Waals surface area contributed by atoms with Crippen molar-refractivity contribution in [3.8, 4) is 5.75 Å². The van der Waals surface area contributed by atoms with Crippen LogP contribution in [-0.4, -0.2) is 20.9 Å².